The molecule has 2 heterocycles. The number of rotatable bonds is 7. The van der Waals surface area contributed by atoms with Gasteiger partial charge < -0.3 is 15.1 Å². The predicted octanol–water partition coefficient (Wildman–Crippen LogP) is 3.60. The van der Waals surface area contributed by atoms with Crippen LogP contribution in [0.3, 0.4) is 0 Å². The molecular formula is C23H24FN5O2S. The highest BCUT2D eigenvalue weighted by molar-refractivity contribution is 7.13. The molecule has 1 aromatic heterocycles. The third kappa shape index (κ3) is 5.67. The zero-order valence-corrected chi connectivity index (χ0v) is 18.4. The fourth-order valence-corrected chi connectivity index (χ4v) is 4.38. The molecule has 1 aliphatic heterocycles. The van der Waals surface area contributed by atoms with Gasteiger partial charge in [0.15, 0.2) is 0 Å². The van der Waals surface area contributed by atoms with Crippen molar-refractivity contribution in [1.29, 1.82) is 0 Å². The van der Waals surface area contributed by atoms with E-state index in [1.807, 2.05) is 23.1 Å². The van der Waals surface area contributed by atoms with Gasteiger partial charge in [-0.05, 0) is 36.8 Å². The van der Waals surface area contributed by atoms with E-state index in [2.05, 4.69) is 32.5 Å². The third-order valence-corrected chi connectivity index (χ3v) is 6.26. The van der Waals surface area contributed by atoms with Gasteiger partial charge in [-0.3, -0.25) is 9.59 Å². The number of para-hydroxylation sites is 1. The minimum absolute atomic E-state index is 0.145. The number of piperazine rings is 1. The summed E-state index contributed by atoms with van der Waals surface area (Å²) in [6.45, 7) is 3.10. The summed E-state index contributed by atoms with van der Waals surface area (Å²) in [7, 11) is 0. The molecule has 1 N–H and O–H groups in total. The number of hydrogen-bond acceptors (Lipinski definition) is 6. The molecule has 0 saturated carbocycles. The van der Waals surface area contributed by atoms with Gasteiger partial charge in [0.2, 0.25) is 10.9 Å². The molecule has 32 heavy (non-hydrogen) atoms. The van der Waals surface area contributed by atoms with Crippen LogP contribution in [0.5, 0.6) is 0 Å². The standard InChI is InChI=1S/C23H24FN5O2S/c24-17-6-4-7-18(16-17)25-22(31)23-27-26-20(32-23)10-5-11-21(30)29-14-12-28(13-15-29)19-8-2-1-3-9-19/h1-4,6-9,16H,5,10-15H2,(H,25,31). The Morgan fingerprint density at radius 2 is 1.78 bits per heavy atom. The Kier molecular flexibility index (Phi) is 7.06. The number of anilines is 2. The Hall–Kier alpha value is -3.33. The van der Waals surface area contributed by atoms with Crippen LogP contribution in [-0.4, -0.2) is 53.1 Å². The van der Waals surface area contributed by atoms with Crippen molar-refractivity contribution in [2.75, 3.05) is 36.4 Å². The van der Waals surface area contributed by atoms with Crippen LogP contribution in [0, 0.1) is 5.82 Å². The largest absolute Gasteiger partial charge is 0.368 e. The molecule has 3 aromatic rings. The van der Waals surface area contributed by atoms with E-state index < -0.39 is 11.7 Å². The van der Waals surface area contributed by atoms with Crippen molar-refractivity contribution in [2.45, 2.75) is 19.3 Å². The number of carbonyl (C=O) groups is 2. The van der Waals surface area contributed by atoms with Crippen molar-refractivity contribution < 1.29 is 14.0 Å². The van der Waals surface area contributed by atoms with Gasteiger partial charge in [0.05, 0.1) is 0 Å². The highest BCUT2D eigenvalue weighted by atomic mass is 32.1. The first-order valence-electron chi connectivity index (χ1n) is 10.6. The minimum Gasteiger partial charge on any atom is -0.368 e. The van der Waals surface area contributed by atoms with Crippen LogP contribution in [0.4, 0.5) is 15.8 Å². The summed E-state index contributed by atoms with van der Waals surface area (Å²) >= 11 is 1.19. The van der Waals surface area contributed by atoms with Gasteiger partial charge in [-0.2, -0.15) is 0 Å². The number of nitrogens with one attached hydrogen (secondary N) is 1. The lowest BCUT2D eigenvalue weighted by Crippen LogP contribution is -2.48. The van der Waals surface area contributed by atoms with Gasteiger partial charge in [0, 0.05) is 50.4 Å². The summed E-state index contributed by atoms with van der Waals surface area (Å²) in [5.74, 6) is -0.704. The second-order valence-corrected chi connectivity index (χ2v) is 8.58. The van der Waals surface area contributed by atoms with Crippen LogP contribution in [0.2, 0.25) is 0 Å². The molecule has 1 saturated heterocycles. The quantitative estimate of drug-likeness (QED) is 0.591. The van der Waals surface area contributed by atoms with E-state index in [9.17, 15) is 14.0 Å². The van der Waals surface area contributed by atoms with E-state index in [4.69, 9.17) is 0 Å². The van der Waals surface area contributed by atoms with E-state index in [1.54, 1.807) is 6.07 Å². The summed E-state index contributed by atoms with van der Waals surface area (Å²) in [4.78, 5) is 29.0. The summed E-state index contributed by atoms with van der Waals surface area (Å²) in [5.41, 5.74) is 1.55. The van der Waals surface area contributed by atoms with Gasteiger partial charge in [0.1, 0.15) is 10.8 Å². The molecular weight excluding hydrogens is 429 g/mol. The maximum atomic E-state index is 13.3. The van der Waals surface area contributed by atoms with Crippen molar-refractivity contribution >= 4 is 34.5 Å². The van der Waals surface area contributed by atoms with Gasteiger partial charge >= 0.3 is 0 Å². The first-order chi connectivity index (χ1) is 15.6. The second kappa shape index (κ2) is 10.3. The lowest BCUT2D eigenvalue weighted by Gasteiger charge is -2.36. The number of benzene rings is 2. The highest BCUT2D eigenvalue weighted by Gasteiger charge is 2.21. The number of hydrogen-bond donors (Lipinski definition) is 1. The fourth-order valence-electron chi connectivity index (χ4n) is 3.60. The number of halogens is 1. The summed E-state index contributed by atoms with van der Waals surface area (Å²) < 4.78 is 13.3. The van der Waals surface area contributed by atoms with Crippen LogP contribution in [0.25, 0.3) is 0 Å². The molecule has 1 fully saturated rings. The number of carbonyl (C=O) groups excluding carboxylic acids is 2. The van der Waals surface area contributed by atoms with E-state index in [0.29, 0.717) is 30.0 Å². The maximum Gasteiger partial charge on any atom is 0.286 e. The van der Waals surface area contributed by atoms with Gasteiger partial charge in [-0.25, -0.2) is 4.39 Å². The maximum absolute atomic E-state index is 13.3. The lowest BCUT2D eigenvalue weighted by molar-refractivity contribution is -0.131. The van der Waals surface area contributed by atoms with E-state index in [0.717, 1.165) is 26.2 Å². The molecule has 4 rings (SSSR count). The lowest BCUT2D eigenvalue weighted by atomic mass is 10.2. The van der Waals surface area contributed by atoms with Crippen LogP contribution in [0.1, 0.15) is 27.7 Å². The molecule has 166 valence electrons. The molecule has 0 aliphatic carbocycles. The fraction of sp³-hybridized carbons (Fsp3) is 0.304. The van der Waals surface area contributed by atoms with Crippen LogP contribution in [-0.2, 0) is 11.2 Å². The molecule has 7 nitrogen and oxygen atoms in total. The molecule has 0 unspecified atom stereocenters. The van der Waals surface area contributed by atoms with Gasteiger partial charge in [-0.15, -0.1) is 10.2 Å². The molecule has 2 aromatic carbocycles. The van der Waals surface area contributed by atoms with Crippen molar-refractivity contribution in [3.05, 3.63) is 70.4 Å². The third-order valence-electron chi connectivity index (χ3n) is 5.28. The van der Waals surface area contributed by atoms with Crippen molar-refractivity contribution in [3.63, 3.8) is 0 Å². The first-order valence-corrected chi connectivity index (χ1v) is 11.4. The number of amides is 2. The zero-order chi connectivity index (χ0) is 22.3. The molecule has 0 bridgehead atoms. The van der Waals surface area contributed by atoms with Gasteiger partial charge in [-0.1, -0.05) is 35.6 Å². The Balaban J connectivity index is 1.20. The first kappa shape index (κ1) is 21.9. The van der Waals surface area contributed by atoms with Crippen LogP contribution >= 0.6 is 11.3 Å². The topological polar surface area (TPSA) is 78.4 Å². The number of aryl methyl sites for hydroxylation is 1. The molecule has 0 radical (unpaired) electrons. The molecule has 0 atom stereocenters. The average Bonchev–Trinajstić information content (AvgIpc) is 3.29. The molecule has 0 spiro atoms. The Bertz CT molecular complexity index is 1070. The van der Waals surface area contributed by atoms with Crippen LogP contribution < -0.4 is 10.2 Å². The number of nitrogens with zero attached hydrogens (tertiary/aromatic N) is 4. The summed E-state index contributed by atoms with van der Waals surface area (Å²) in [5, 5.41) is 11.5. The summed E-state index contributed by atoms with van der Waals surface area (Å²) in [6.07, 6.45) is 1.67. The normalized spacial score (nSPS) is 13.8. The smallest absolute Gasteiger partial charge is 0.286 e. The number of aromatic nitrogens is 2. The second-order valence-electron chi connectivity index (χ2n) is 7.52. The average molecular weight is 454 g/mol. The van der Waals surface area contributed by atoms with E-state index >= 15 is 0 Å². The molecule has 2 amide bonds. The minimum atomic E-state index is -0.424. The Morgan fingerprint density at radius 1 is 1.00 bits per heavy atom. The van der Waals surface area contributed by atoms with Gasteiger partial charge in [0.25, 0.3) is 5.91 Å². The van der Waals surface area contributed by atoms with Crippen molar-refractivity contribution in [1.82, 2.24) is 15.1 Å². The zero-order valence-electron chi connectivity index (χ0n) is 17.5. The highest BCUT2D eigenvalue weighted by Crippen LogP contribution is 2.18. The monoisotopic (exact) mass is 453 g/mol. The van der Waals surface area contributed by atoms with E-state index in [-0.39, 0.29) is 10.9 Å². The predicted molar refractivity (Wildman–Crippen MR) is 122 cm³/mol. The molecule has 9 heteroatoms. The SMILES string of the molecule is O=C(Nc1cccc(F)c1)c1nnc(CCCC(=O)N2CCN(c3ccccc3)CC2)s1. The van der Waals surface area contributed by atoms with E-state index in [1.165, 1.54) is 35.2 Å². The summed E-state index contributed by atoms with van der Waals surface area (Å²) in [6, 6.07) is 15.9. The van der Waals surface area contributed by atoms with Crippen molar-refractivity contribution in [3.8, 4) is 0 Å². The Morgan fingerprint density at radius 3 is 2.53 bits per heavy atom. The molecule has 1 aliphatic rings. The van der Waals surface area contributed by atoms with Crippen molar-refractivity contribution in [2.24, 2.45) is 0 Å². The van der Waals surface area contributed by atoms with Crippen LogP contribution in [0.15, 0.2) is 54.6 Å². The Labute approximate surface area is 189 Å².